The molecule has 0 bridgehead atoms. The minimum absolute atomic E-state index is 0.466. The molecule has 0 radical (unpaired) electrons. The van der Waals surface area contributed by atoms with Crippen LogP contribution in [0.25, 0.3) is 11.0 Å². The van der Waals surface area contributed by atoms with Crippen LogP contribution in [0.5, 0.6) is 0 Å². The highest BCUT2D eigenvalue weighted by molar-refractivity contribution is 5.76. The highest BCUT2D eigenvalue weighted by atomic mass is 14.9. The molecule has 1 aliphatic rings. The zero-order valence-corrected chi connectivity index (χ0v) is 9.74. The van der Waals surface area contributed by atoms with Crippen molar-refractivity contribution in [3.8, 4) is 6.07 Å². The summed E-state index contributed by atoms with van der Waals surface area (Å²) in [5.74, 6) is 1.74. The predicted molar refractivity (Wildman–Crippen MR) is 66.6 cm³/mol. The molecule has 1 aromatic carbocycles. The highest BCUT2D eigenvalue weighted by Crippen LogP contribution is 2.33. The molecule has 0 amide bonds. The number of nitrogens with zero attached hydrogens (tertiary/aromatic N) is 2. The maximum atomic E-state index is 8.69. The summed E-state index contributed by atoms with van der Waals surface area (Å²) >= 11 is 0. The van der Waals surface area contributed by atoms with Gasteiger partial charge in [-0.25, -0.2) is 4.98 Å². The molecule has 3 rings (SSSR count). The number of hydrogen-bond donors (Lipinski definition) is 1. The maximum Gasteiger partial charge on any atom is 0.110 e. The monoisotopic (exact) mass is 225 g/mol. The molecule has 3 nitrogen and oxygen atoms in total. The van der Waals surface area contributed by atoms with Crippen molar-refractivity contribution in [2.24, 2.45) is 0 Å². The second-order valence-corrected chi connectivity index (χ2v) is 4.79. The number of hydrogen-bond acceptors (Lipinski definition) is 2. The molecule has 2 aromatic rings. The first-order chi connectivity index (χ1) is 8.36. The van der Waals surface area contributed by atoms with Gasteiger partial charge in [-0.15, -0.1) is 0 Å². The molecular weight excluding hydrogens is 210 g/mol. The van der Waals surface area contributed by atoms with Gasteiger partial charge in [-0.3, -0.25) is 0 Å². The summed E-state index contributed by atoms with van der Waals surface area (Å²) in [7, 11) is 0. The molecule has 1 fully saturated rings. The Labute approximate surface area is 100 Å². The molecular formula is C14H15N3. The van der Waals surface area contributed by atoms with Crippen LogP contribution in [0, 0.1) is 11.3 Å². The Morgan fingerprint density at radius 2 is 2.18 bits per heavy atom. The number of nitrogens with one attached hydrogen (secondary N) is 1. The van der Waals surface area contributed by atoms with E-state index in [2.05, 4.69) is 16.0 Å². The number of imidazole rings is 1. The molecule has 1 heterocycles. The Balaban J connectivity index is 1.98. The van der Waals surface area contributed by atoms with Gasteiger partial charge >= 0.3 is 0 Å². The Morgan fingerprint density at radius 1 is 1.35 bits per heavy atom. The molecule has 1 aliphatic carbocycles. The summed E-state index contributed by atoms with van der Waals surface area (Å²) in [6, 6.07) is 8.22. The van der Waals surface area contributed by atoms with Gasteiger partial charge in [-0.05, 0) is 30.5 Å². The smallest absolute Gasteiger partial charge is 0.110 e. The summed E-state index contributed by atoms with van der Waals surface area (Å²) < 4.78 is 0. The van der Waals surface area contributed by atoms with E-state index < -0.39 is 0 Å². The first-order valence-corrected chi connectivity index (χ1v) is 6.22. The molecule has 17 heavy (non-hydrogen) atoms. The zero-order valence-electron chi connectivity index (χ0n) is 9.74. The molecule has 1 saturated carbocycles. The molecule has 1 N–H and O–H groups in total. The topological polar surface area (TPSA) is 52.5 Å². The van der Waals surface area contributed by atoms with Crippen LogP contribution < -0.4 is 0 Å². The molecule has 0 aliphatic heterocycles. The van der Waals surface area contributed by atoms with Gasteiger partial charge in [0.2, 0.25) is 0 Å². The second-order valence-electron chi connectivity index (χ2n) is 4.79. The second kappa shape index (κ2) is 4.21. The first-order valence-electron chi connectivity index (χ1n) is 6.22. The average Bonchev–Trinajstić information content (AvgIpc) is 2.97. The Kier molecular flexibility index (Phi) is 2.56. The number of H-pyrrole nitrogens is 1. The van der Waals surface area contributed by atoms with Gasteiger partial charge in [0.1, 0.15) is 5.82 Å². The van der Waals surface area contributed by atoms with Crippen LogP contribution >= 0.6 is 0 Å². The summed E-state index contributed by atoms with van der Waals surface area (Å²) in [5, 5.41) is 8.69. The van der Waals surface area contributed by atoms with Crippen molar-refractivity contribution in [2.45, 2.75) is 38.0 Å². The predicted octanol–water partition coefficient (Wildman–Crippen LogP) is 3.29. The van der Waals surface area contributed by atoms with Gasteiger partial charge in [0, 0.05) is 5.92 Å². The van der Waals surface area contributed by atoms with Gasteiger partial charge < -0.3 is 4.98 Å². The lowest BCUT2D eigenvalue weighted by Crippen LogP contribution is -1.93. The SMILES string of the molecule is N#CCc1ccc2nc(C3CCCC3)[nH]c2c1. The van der Waals surface area contributed by atoms with E-state index in [9.17, 15) is 0 Å². The van der Waals surface area contributed by atoms with Gasteiger partial charge in [0.05, 0.1) is 23.5 Å². The number of benzene rings is 1. The van der Waals surface area contributed by atoms with Crippen LogP contribution in [-0.2, 0) is 6.42 Å². The quantitative estimate of drug-likeness (QED) is 0.852. The lowest BCUT2D eigenvalue weighted by molar-refractivity contribution is 0.681. The molecule has 3 heteroatoms. The van der Waals surface area contributed by atoms with E-state index in [0.717, 1.165) is 22.4 Å². The number of aromatic nitrogens is 2. The van der Waals surface area contributed by atoms with E-state index in [1.807, 2.05) is 18.2 Å². The fraction of sp³-hybridized carbons (Fsp3) is 0.429. The Morgan fingerprint density at radius 3 is 2.94 bits per heavy atom. The minimum Gasteiger partial charge on any atom is -0.342 e. The van der Waals surface area contributed by atoms with Crippen LogP contribution in [0.4, 0.5) is 0 Å². The molecule has 0 spiro atoms. The zero-order chi connectivity index (χ0) is 11.7. The van der Waals surface area contributed by atoms with Crippen molar-refractivity contribution in [1.29, 1.82) is 5.26 Å². The maximum absolute atomic E-state index is 8.69. The van der Waals surface area contributed by atoms with E-state index in [4.69, 9.17) is 5.26 Å². The fourth-order valence-electron chi connectivity index (χ4n) is 2.67. The molecule has 0 atom stereocenters. The van der Waals surface area contributed by atoms with Crippen molar-refractivity contribution >= 4 is 11.0 Å². The molecule has 86 valence electrons. The fourth-order valence-corrected chi connectivity index (χ4v) is 2.67. The third kappa shape index (κ3) is 1.91. The summed E-state index contributed by atoms with van der Waals surface area (Å²) in [6.07, 6.45) is 5.62. The standard InChI is InChI=1S/C14H15N3/c15-8-7-10-5-6-12-13(9-10)17-14(16-12)11-3-1-2-4-11/h5-6,9,11H,1-4,7H2,(H,16,17). The van der Waals surface area contributed by atoms with Crippen molar-refractivity contribution in [1.82, 2.24) is 9.97 Å². The van der Waals surface area contributed by atoms with Gasteiger partial charge in [0.15, 0.2) is 0 Å². The van der Waals surface area contributed by atoms with Crippen molar-refractivity contribution < 1.29 is 0 Å². The first kappa shape index (κ1) is 10.3. The Hall–Kier alpha value is -1.82. The largest absolute Gasteiger partial charge is 0.342 e. The number of nitriles is 1. The minimum atomic E-state index is 0.466. The van der Waals surface area contributed by atoms with Crippen molar-refractivity contribution in [3.05, 3.63) is 29.6 Å². The van der Waals surface area contributed by atoms with Crippen LogP contribution in [0.2, 0.25) is 0 Å². The lowest BCUT2D eigenvalue weighted by Gasteiger charge is -2.02. The number of aromatic amines is 1. The van der Waals surface area contributed by atoms with Crippen LogP contribution in [0.1, 0.15) is 43.0 Å². The van der Waals surface area contributed by atoms with Crippen LogP contribution in [-0.4, -0.2) is 9.97 Å². The van der Waals surface area contributed by atoms with Crippen molar-refractivity contribution in [2.75, 3.05) is 0 Å². The van der Waals surface area contributed by atoms with E-state index in [1.165, 1.54) is 25.7 Å². The summed E-state index contributed by atoms with van der Waals surface area (Å²) in [6.45, 7) is 0. The molecule has 0 unspecified atom stereocenters. The van der Waals surface area contributed by atoms with E-state index >= 15 is 0 Å². The third-order valence-corrected chi connectivity index (χ3v) is 3.59. The molecule has 0 saturated heterocycles. The average molecular weight is 225 g/mol. The number of rotatable bonds is 2. The van der Waals surface area contributed by atoms with E-state index in [0.29, 0.717) is 12.3 Å². The van der Waals surface area contributed by atoms with E-state index in [1.54, 1.807) is 0 Å². The number of fused-ring (bicyclic) bond motifs is 1. The van der Waals surface area contributed by atoms with Gasteiger partial charge in [-0.1, -0.05) is 18.9 Å². The lowest BCUT2D eigenvalue weighted by atomic mass is 10.1. The summed E-state index contributed by atoms with van der Waals surface area (Å²) in [5.41, 5.74) is 3.15. The van der Waals surface area contributed by atoms with Crippen LogP contribution in [0.3, 0.4) is 0 Å². The van der Waals surface area contributed by atoms with Crippen molar-refractivity contribution in [3.63, 3.8) is 0 Å². The highest BCUT2D eigenvalue weighted by Gasteiger charge is 2.20. The van der Waals surface area contributed by atoms with E-state index in [-0.39, 0.29) is 0 Å². The van der Waals surface area contributed by atoms with Gasteiger partial charge in [0.25, 0.3) is 0 Å². The van der Waals surface area contributed by atoms with Gasteiger partial charge in [-0.2, -0.15) is 5.26 Å². The normalized spacial score (nSPS) is 16.4. The third-order valence-electron chi connectivity index (χ3n) is 3.59. The van der Waals surface area contributed by atoms with Crippen LogP contribution in [0.15, 0.2) is 18.2 Å². The Bertz CT molecular complexity index is 571. The summed E-state index contributed by atoms with van der Waals surface area (Å²) in [4.78, 5) is 8.07. The molecule has 1 aromatic heterocycles.